The van der Waals surface area contributed by atoms with Crippen molar-refractivity contribution in [1.82, 2.24) is 0 Å². The van der Waals surface area contributed by atoms with Gasteiger partial charge in [0.25, 0.3) is 0 Å². The molecule has 0 fully saturated rings. The molecular formula is C18H21NO2. The van der Waals surface area contributed by atoms with Crippen LogP contribution < -0.4 is 5.32 Å². The summed E-state index contributed by atoms with van der Waals surface area (Å²) in [5.41, 5.74) is 5.45. The summed E-state index contributed by atoms with van der Waals surface area (Å²) in [6.07, 6.45) is 3.27. The first-order valence-electron chi connectivity index (χ1n) is 7.43. The van der Waals surface area contributed by atoms with E-state index < -0.39 is 0 Å². The maximum Gasteiger partial charge on any atom is 0.118 e. The molecule has 0 radical (unpaired) electrons. The third-order valence-electron chi connectivity index (χ3n) is 4.32. The van der Waals surface area contributed by atoms with E-state index in [9.17, 15) is 10.2 Å². The van der Waals surface area contributed by atoms with Crippen LogP contribution in [0.25, 0.3) is 0 Å². The van der Waals surface area contributed by atoms with Gasteiger partial charge in [-0.3, -0.25) is 0 Å². The lowest BCUT2D eigenvalue weighted by Gasteiger charge is -2.28. The molecule has 21 heavy (non-hydrogen) atoms. The van der Waals surface area contributed by atoms with E-state index in [0.29, 0.717) is 11.5 Å². The van der Waals surface area contributed by atoms with Gasteiger partial charge < -0.3 is 15.5 Å². The molecule has 0 bridgehead atoms. The molecule has 0 aromatic heterocycles. The zero-order valence-corrected chi connectivity index (χ0v) is 12.5. The molecule has 0 amide bonds. The molecule has 0 saturated carbocycles. The SMILES string of the molecule is Cc1cc(NC2CCCc3ccc(O)cc32)c(C)cc1O. The number of rotatable bonds is 2. The number of phenols is 2. The van der Waals surface area contributed by atoms with Crippen LogP contribution in [0.15, 0.2) is 30.3 Å². The lowest BCUT2D eigenvalue weighted by molar-refractivity contribution is 0.470. The summed E-state index contributed by atoms with van der Waals surface area (Å²) in [6.45, 7) is 3.90. The van der Waals surface area contributed by atoms with Crippen LogP contribution in [0.1, 0.15) is 41.1 Å². The van der Waals surface area contributed by atoms with Crippen LogP contribution in [0.3, 0.4) is 0 Å². The summed E-state index contributed by atoms with van der Waals surface area (Å²) in [4.78, 5) is 0. The predicted molar refractivity (Wildman–Crippen MR) is 85.0 cm³/mol. The van der Waals surface area contributed by atoms with E-state index >= 15 is 0 Å². The second-order valence-corrected chi connectivity index (χ2v) is 5.93. The third-order valence-corrected chi connectivity index (χ3v) is 4.32. The molecule has 1 aliphatic rings. The van der Waals surface area contributed by atoms with Gasteiger partial charge in [-0.05, 0) is 79.6 Å². The first-order valence-corrected chi connectivity index (χ1v) is 7.43. The normalized spacial score (nSPS) is 17.3. The molecule has 0 heterocycles. The highest BCUT2D eigenvalue weighted by molar-refractivity contribution is 5.58. The van der Waals surface area contributed by atoms with Crippen LogP contribution in [-0.2, 0) is 6.42 Å². The fraction of sp³-hybridized carbons (Fsp3) is 0.333. The minimum absolute atomic E-state index is 0.212. The van der Waals surface area contributed by atoms with Crippen LogP contribution in [0.2, 0.25) is 0 Å². The van der Waals surface area contributed by atoms with E-state index in [1.165, 1.54) is 11.1 Å². The van der Waals surface area contributed by atoms with Crippen molar-refractivity contribution < 1.29 is 10.2 Å². The van der Waals surface area contributed by atoms with Crippen molar-refractivity contribution in [1.29, 1.82) is 0 Å². The topological polar surface area (TPSA) is 52.5 Å². The number of phenolic OH excluding ortho intramolecular Hbond substituents is 2. The summed E-state index contributed by atoms with van der Waals surface area (Å²) in [5.74, 6) is 0.654. The predicted octanol–water partition coefficient (Wildman–Crippen LogP) is 4.20. The van der Waals surface area contributed by atoms with Gasteiger partial charge in [-0.1, -0.05) is 6.07 Å². The third kappa shape index (κ3) is 2.68. The lowest BCUT2D eigenvalue weighted by Crippen LogP contribution is -2.17. The number of benzene rings is 2. The Morgan fingerprint density at radius 1 is 1.05 bits per heavy atom. The van der Waals surface area contributed by atoms with Gasteiger partial charge in [0.1, 0.15) is 11.5 Å². The van der Waals surface area contributed by atoms with E-state index in [-0.39, 0.29) is 6.04 Å². The largest absolute Gasteiger partial charge is 0.508 e. The van der Waals surface area contributed by atoms with Gasteiger partial charge >= 0.3 is 0 Å². The zero-order chi connectivity index (χ0) is 15.0. The van der Waals surface area contributed by atoms with Gasteiger partial charge in [0, 0.05) is 5.69 Å². The number of hydrogen-bond acceptors (Lipinski definition) is 3. The fourth-order valence-corrected chi connectivity index (χ4v) is 3.08. The monoisotopic (exact) mass is 283 g/mol. The Morgan fingerprint density at radius 3 is 2.67 bits per heavy atom. The van der Waals surface area contributed by atoms with Crippen molar-refractivity contribution >= 4 is 5.69 Å². The van der Waals surface area contributed by atoms with E-state index in [2.05, 4.69) is 5.32 Å². The van der Waals surface area contributed by atoms with Crippen LogP contribution in [0, 0.1) is 13.8 Å². The van der Waals surface area contributed by atoms with Gasteiger partial charge in [0.05, 0.1) is 6.04 Å². The van der Waals surface area contributed by atoms with Crippen molar-refractivity contribution in [3.8, 4) is 11.5 Å². The summed E-state index contributed by atoms with van der Waals surface area (Å²) in [7, 11) is 0. The number of hydrogen-bond donors (Lipinski definition) is 3. The molecule has 0 aliphatic heterocycles. The second-order valence-electron chi connectivity index (χ2n) is 5.93. The molecular weight excluding hydrogens is 262 g/mol. The number of aryl methyl sites for hydroxylation is 3. The summed E-state index contributed by atoms with van der Waals surface area (Å²) in [6, 6.07) is 9.65. The maximum absolute atomic E-state index is 9.76. The quantitative estimate of drug-likeness (QED) is 0.724. The Hall–Kier alpha value is -2.16. The van der Waals surface area contributed by atoms with Crippen molar-refractivity contribution in [3.05, 3.63) is 52.6 Å². The minimum Gasteiger partial charge on any atom is -0.508 e. The number of fused-ring (bicyclic) bond motifs is 1. The highest BCUT2D eigenvalue weighted by Gasteiger charge is 2.21. The molecule has 0 spiro atoms. The first-order chi connectivity index (χ1) is 10.0. The number of anilines is 1. The summed E-state index contributed by atoms with van der Waals surface area (Å²) >= 11 is 0. The Morgan fingerprint density at radius 2 is 1.86 bits per heavy atom. The van der Waals surface area contributed by atoms with Crippen LogP contribution in [0.4, 0.5) is 5.69 Å². The van der Waals surface area contributed by atoms with Crippen LogP contribution >= 0.6 is 0 Å². The van der Waals surface area contributed by atoms with Crippen molar-refractivity contribution in [3.63, 3.8) is 0 Å². The molecule has 3 nitrogen and oxygen atoms in total. The molecule has 2 aromatic carbocycles. The maximum atomic E-state index is 9.76. The second kappa shape index (κ2) is 5.32. The van der Waals surface area contributed by atoms with Crippen LogP contribution in [0.5, 0.6) is 11.5 Å². The zero-order valence-electron chi connectivity index (χ0n) is 12.5. The van der Waals surface area contributed by atoms with E-state index in [4.69, 9.17) is 0 Å². The average Bonchev–Trinajstić information content (AvgIpc) is 2.45. The van der Waals surface area contributed by atoms with E-state index in [1.807, 2.05) is 32.0 Å². The standard InChI is InChI=1S/C18H21NO2/c1-11-9-18(21)12(2)8-17(11)19-16-5-3-4-13-6-7-14(20)10-15(13)16/h6-10,16,19-21H,3-5H2,1-2H3. The molecule has 1 aliphatic carbocycles. The Kier molecular flexibility index (Phi) is 3.50. The summed E-state index contributed by atoms with van der Waals surface area (Å²) < 4.78 is 0. The Labute approximate surface area is 125 Å². The minimum atomic E-state index is 0.212. The molecule has 3 heteroatoms. The highest BCUT2D eigenvalue weighted by atomic mass is 16.3. The summed E-state index contributed by atoms with van der Waals surface area (Å²) in [5, 5.41) is 23.1. The van der Waals surface area contributed by atoms with Crippen LogP contribution in [-0.4, -0.2) is 10.2 Å². The Bertz CT molecular complexity index is 679. The van der Waals surface area contributed by atoms with E-state index in [1.54, 1.807) is 12.1 Å². The highest BCUT2D eigenvalue weighted by Crippen LogP contribution is 2.36. The number of aromatic hydroxyl groups is 2. The van der Waals surface area contributed by atoms with Crippen molar-refractivity contribution in [2.45, 2.75) is 39.2 Å². The fourth-order valence-electron chi connectivity index (χ4n) is 3.08. The van der Waals surface area contributed by atoms with Gasteiger partial charge in [0.2, 0.25) is 0 Å². The van der Waals surface area contributed by atoms with Gasteiger partial charge in [0.15, 0.2) is 0 Å². The molecule has 0 saturated heterocycles. The number of nitrogens with one attached hydrogen (secondary N) is 1. The molecule has 2 aromatic rings. The first kappa shape index (κ1) is 13.8. The molecule has 110 valence electrons. The van der Waals surface area contributed by atoms with E-state index in [0.717, 1.165) is 36.1 Å². The average molecular weight is 283 g/mol. The molecule has 3 N–H and O–H groups in total. The molecule has 1 unspecified atom stereocenters. The van der Waals surface area contributed by atoms with Crippen molar-refractivity contribution in [2.75, 3.05) is 5.32 Å². The molecule has 3 rings (SSSR count). The smallest absolute Gasteiger partial charge is 0.118 e. The Balaban J connectivity index is 1.93. The molecule has 1 atom stereocenters. The van der Waals surface area contributed by atoms with Crippen molar-refractivity contribution in [2.24, 2.45) is 0 Å². The van der Waals surface area contributed by atoms with Gasteiger partial charge in [-0.15, -0.1) is 0 Å². The lowest BCUT2D eigenvalue weighted by atomic mass is 9.87. The van der Waals surface area contributed by atoms with Gasteiger partial charge in [-0.25, -0.2) is 0 Å². The van der Waals surface area contributed by atoms with Gasteiger partial charge in [-0.2, -0.15) is 0 Å².